The third-order valence-corrected chi connectivity index (χ3v) is 3.76. The predicted molar refractivity (Wildman–Crippen MR) is 52.4 cm³/mol. The Morgan fingerprint density at radius 3 is 2.36 bits per heavy atom. The van der Waals surface area contributed by atoms with Gasteiger partial charge in [-0.25, -0.2) is 0 Å². The highest BCUT2D eigenvalue weighted by molar-refractivity contribution is 5.38. The zero-order valence-electron chi connectivity index (χ0n) is 8.03. The standard InChI is InChI=1S/C12H12N2/c13-9-12(7-11(8-12)3-4-11)10-1-5-14-6-2-10/h1-2,5-6H,3-4,7-8H2. The molecule has 0 atom stereocenters. The molecule has 0 bridgehead atoms. The number of rotatable bonds is 1. The molecule has 70 valence electrons. The highest BCUT2D eigenvalue weighted by Gasteiger charge is 2.61. The van der Waals surface area contributed by atoms with Crippen LogP contribution in [0.3, 0.4) is 0 Å². The fraction of sp³-hybridized carbons (Fsp3) is 0.500. The third-order valence-electron chi connectivity index (χ3n) is 3.76. The first-order valence-corrected chi connectivity index (χ1v) is 5.11. The lowest BCUT2D eigenvalue weighted by Crippen LogP contribution is -2.41. The van der Waals surface area contributed by atoms with Gasteiger partial charge < -0.3 is 0 Å². The molecule has 1 heterocycles. The van der Waals surface area contributed by atoms with Gasteiger partial charge in [-0.15, -0.1) is 0 Å². The van der Waals surface area contributed by atoms with Gasteiger partial charge in [-0.05, 0) is 48.8 Å². The number of nitrogens with zero attached hydrogens (tertiary/aromatic N) is 2. The van der Waals surface area contributed by atoms with Crippen LogP contribution in [0.1, 0.15) is 31.2 Å². The largest absolute Gasteiger partial charge is 0.265 e. The molecule has 3 rings (SSSR count). The number of hydrogen-bond acceptors (Lipinski definition) is 2. The predicted octanol–water partition coefficient (Wildman–Crippen LogP) is 2.42. The summed E-state index contributed by atoms with van der Waals surface area (Å²) in [7, 11) is 0. The minimum absolute atomic E-state index is 0.181. The van der Waals surface area contributed by atoms with E-state index in [2.05, 4.69) is 11.1 Å². The second-order valence-corrected chi connectivity index (χ2v) is 4.78. The lowest BCUT2D eigenvalue weighted by Gasteiger charge is -2.43. The van der Waals surface area contributed by atoms with Crippen molar-refractivity contribution in [3.63, 3.8) is 0 Å². The first-order chi connectivity index (χ1) is 6.79. The van der Waals surface area contributed by atoms with Crippen molar-refractivity contribution in [2.24, 2.45) is 5.41 Å². The van der Waals surface area contributed by atoms with Gasteiger partial charge >= 0.3 is 0 Å². The second kappa shape index (κ2) is 2.36. The molecular weight excluding hydrogens is 172 g/mol. The molecule has 0 aromatic carbocycles. The Bertz CT molecular complexity index is 390. The zero-order chi connectivity index (χ0) is 9.65. The molecule has 2 saturated carbocycles. The van der Waals surface area contributed by atoms with Gasteiger partial charge in [0, 0.05) is 12.4 Å². The van der Waals surface area contributed by atoms with Crippen molar-refractivity contribution < 1.29 is 0 Å². The SMILES string of the molecule is N#CC1(c2ccncc2)CC2(CC2)C1. The molecule has 0 N–H and O–H groups in total. The summed E-state index contributed by atoms with van der Waals surface area (Å²) in [5, 5.41) is 9.28. The van der Waals surface area contributed by atoms with Gasteiger partial charge in [0.1, 0.15) is 0 Å². The van der Waals surface area contributed by atoms with Gasteiger partial charge in [-0.2, -0.15) is 5.26 Å². The van der Waals surface area contributed by atoms with Crippen molar-refractivity contribution in [2.45, 2.75) is 31.1 Å². The van der Waals surface area contributed by atoms with Crippen LogP contribution in [-0.4, -0.2) is 4.98 Å². The number of pyridine rings is 1. The number of nitriles is 1. The number of aromatic nitrogens is 1. The summed E-state index contributed by atoms with van der Waals surface area (Å²) in [5.74, 6) is 0. The summed E-state index contributed by atoms with van der Waals surface area (Å²) in [5.41, 5.74) is 1.55. The van der Waals surface area contributed by atoms with Crippen LogP contribution in [0, 0.1) is 16.7 Å². The highest BCUT2D eigenvalue weighted by Crippen LogP contribution is 2.68. The van der Waals surface area contributed by atoms with E-state index in [0.29, 0.717) is 5.41 Å². The lowest BCUT2D eigenvalue weighted by atomic mass is 9.57. The van der Waals surface area contributed by atoms with Gasteiger partial charge in [-0.3, -0.25) is 4.98 Å². The van der Waals surface area contributed by atoms with Gasteiger partial charge in [0.2, 0.25) is 0 Å². The minimum Gasteiger partial charge on any atom is -0.265 e. The van der Waals surface area contributed by atoms with Crippen LogP contribution in [0.5, 0.6) is 0 Å². The maximum atomic E-state index is 9.28. The number of hydrogen-bond donors (Lipinski definition) is 0. The molecule has 2 aliphatic rings. The molecule has 0 amide bonds. The van der Waals surface area contributed by atoms with Crippen molar-refractivity contribution in [2.75, 3.05) is 0 Å². The van der Waals surface area contributed by atoms with Gasteiger partial charge in [0.15, 0.2) is 0 Å². The summed E-state index contributed by atoms with van der Waals surface area (Å²) >= 11 is 0. The molecular formula is C12H12N2. The molecule has 2 heteroatoms. The summed E-state index contributed by atoms with van der Waals surface area (Å²) < 4.78 is 0. The Hall–Kier alpha value is -1.36. The molecule has 2 aliphatic carbocycles. The van der Waals surface area contributed by atoms with Crippen LogP contribution in [0.15, 0.2) is 24.5 Å². The molecule has 0 saturated heterocycles. The van der Waals surface area contributed by atoms with Crippen LogP contribution in [-0.2, 0) is 5.41 Å². The maximum absolute atomic E-state index is 9.28. The lowest BCUT2D eigenvalue weighted by molar-refractivity contribution is 0.173. The van der Waals surface area contributed by atoms with Gasteiger partial charge in [0.25, 0.3) is 0 Å². The van der Waals surface area contributed by atoms with E-state index >= 15 is 0 Å². The second-order valence-electron chi connectivity index (χ2n) is 4.78. The van der Waals surface area contributed by atoms with Crippen molar-refractivity contribution >= 4 is 0 Å². The molecule has 1 aromatic rings. The fourth-order valence-corrected chi connectivity index (χ4v) is 2.78. The quantitative estimate of drug-likeness (QED) is 0.672. The molecule has 2 nitrogen and oxygen atoms in total. The van der Waals surface area contributed by atoms with Gasteiger partial charge in [-0.1, -0.05) is 0 Å². The first-order valence-electron chi connectivity index (χ1n) is 5.11. The monoisotopic (exact) mass is 184 g/mol. The van der Waals surface area contributed by atoms with Crippen LogP contribution < -0.4 is 0 Å². The van der Waals surface area contributed by atoms with E-state index < -0.39 is 0 Å². The Kier molecular flexibility index (Phi) is 1.35. The van der Waals surface area contributed by atoms with Crippen LogP contribution in [0.4, 0.5) is 0 Å². The summed E-state index contributed by atoms with van der Waals surface area (Å²) in [6.07, 6.45) is 8.38. The molecule has 14 heavy (non-hydrogen) atoms. The maximum Gasteiger partial charge on any atom is 0.0834 e. The van der Waals surface area contributed by atoms with Crippen LogP contribution >= 0.6 is 0 Å². The molecule has 2 fully saturated rings. The molecule has 1 aromatic heterocycles. The van der Waals surface area contributed by atoms with E-state index in [1.54, 1.807) is 12.4 Å². The average molecular weight is 184 g/mol. The average Bonchev–Trinajstić information content (AvgIpc) is 2.96. The van der Waals surface area contributed by atoms with Crippen molar-refractivity contribution in [1.82, 2.24) is 4.98 Å². The fourth-order valence-electron chi connectivity index (χ4n) is 2.78. The first kappa shape index (κ1) is 7.99. The molecule has 0 aliphatic heterocycles. The van der Waals surface area contributed by atoms with E-state index in [-0.39, 0.29) is 5.41 Å². The van der Waals surface area contributed by atoms with E-state index in [0.717, 1.165) is 18.4 Å². The molecule has 0 radical (unpaired) electrons. The van der Waals surface area contributed by atoms with Crippen molar-refractivity contribution in [3.05, 3.63) is 30.1 Å². The van der Waals surface area contributed by atoms with Gasteiger partial charge in [0.05, 0.1) is 11.5 Å². The summed E-state index contributed by atoms with van der Waals surface area (Å²) in [6, 6.07) is 6.47. The van der Waals surface area contributed by atoms with E-state index in [1.165, 1.54) is 12.8 Å². The van der Waals surface area contributed by atoms with E-state index in [9.17, 15) is 5.26 Å². The Labute approximate surface area is 83.6 Å². The normalized spacial score (nSPS) is 25.1. The topological polar surface area (TPSA) is 36.7 Å². The molecule has 1 spiro atoms. The zero-order valence-corrected chi connectivity index (χ0v) is 8.03. The Morgan fingerprint density at radius 2 is 1.86 bits per heavy atom. The smallest absolute Gasteiger partial charge is 0.0834 e. The third kappa shape index (κ3) is 0.928. The van der Waals surface area contributed by atoms with Crippen LogP contribution in [0.2, 0.25) is 0 Å². The summed E-state index contributed by atoms with van der Waals surface area (Å²) in [4.78, 5) is 3.99. The Morgan fingerprint density at radius 1 is 1.21 bits per heavy atom. The van der Waals surface area contributed by atoms with Crippen molar-refractivity contribution in [1.29, 1.82) is 5.26 Å². The van der Waals surface area contributed by atoms with E-state index in [4.69, 9.17) is 0 Å². The van der Waals surface area contributed by atoms with Crippen LogP contribution in [0.25, 0.3) is 0 Å². The summed E-state index contributed by atoms with van der Waals surface area (Å²) in [6.45, 7) is 0. The van der Waals surface area contributed by atoms with E-state index in [1.807, 2.05) is 12.1 Å². The van der Waals surface area contributed by atoms with Crippen molar-refractivity contribution in [3.8, 4) is 6.07 Å². The molecule has 0 unspecified atom stereocenters. The highest BCUT2D eigenvalue weighted by atomic mass is 14.7. The Balaban J connectivity index is 1.93. The minimum atomic E-state index is -0.181.